The Bertz CT molecular complexity index is 460. The standard InChI is InChI=1S/C16H22N2O/c1-3-19-15-9-7-8-14(12-15)16(2,13-17)18-10-5-4-6-11-18/h7-9,12H,3-6,10-11H2,1-2H3. The van der Waals surface area contributed by atoms with Gasteiger partial charge in [-0.2, -0.15) is 5.26 Å². The third kappa shape index (κ3) is 2.90. The molecule has 1 atom stereocenters. The van der Waals surface area contributed by atoms with Gasteiger partial charge in [-0.25, -0.2) is 0 Å². The van der Waals surface area contributed by atoms with Gasteiger partial charge in [-0.1, -0.05) is 18.6 Å². The lowest BCUT2D eigenvalue weighted by Crippen LogP contribution is -2.45. The van der Waals surface area contributed by atoms with Gasteiger partial charge in [-0.3, -0.25) is 4.90 Å². The van der Waals surface area contributed by atoms with Crippen LogP contribution < -0.4 is 4.74 Å². The molecule has 1 aliphatic rings. The lowest BCUT2D eigenvalue weighted by atomic mass is 9.89. The van der Waals surface area contributed by atoms with Gasteiger partial charge >= 0.3 is 0 Å². The first-order chi connectivity index (χ1) is 9.20. The lowest BCUT2D eigenvalue weighted by molar-refractivity contribution is 0.123. The Morgan fingerprint density at radius 1 is 1.32 bits per heavy atom. The van der Waals surface area contributed by atoms with E-state index < -0.39 is 5.54 Å². The molecule has 1 heterocycles. The number of ether oxygens (including phenoxy) is 1. The number of benzene rings is 1. The summed E-state index contributed by atoms with van der Waals surface area (Å²) in [4.78, 5) is 2.29. The Labute approximate surface area is 115 Å². The summed E-state index contributed by atoms with van der Waals surface area (Å²) in [6.45, 7) is 6.65. The number of rotatable bonds is 4. The first-order valence-corrected chi connectivity index (χ1v) is 7.10. The van der Waals surface area contributed by atoms with E-state index in [0.717, 1.165) is 24.4 Å². The van der Waals surface area contributed by atoms with Crippen molar-refractivity contribution in [3.8, 4) is 11.8 Å². The van der Waals surface area contributed by atoms with Gasteiger partial charge in [0.05, 0.1) is 12.7 Å². The van der Waals surface area contributed by atoms with Crippen LogP contribution in [-0.4, -0.2) is 24.6 Å². The van der Waals surface area contributed by atoms with E-state index in [2.05, 4.69) is 11.0 Å². The molecule has 2 rings (SSSR count). The molecular formula is C16H22N2O. The number of likely N-dealkylation sites (tertiary alicyclic amines) is 1. The Kier molecular flexibility index (Phi) is 4.44. The first-order valence-electron chi connectivity index (χ1n) is 7.10. The van der Waals surface area contributed by atoms with Gasteiger partial charge in [0.25, 0.3) is 0 Å². The molecular weight excluding hydrogens is 236 g/mol. The summed E-state index contributed by atoms with van der Waals surface area (Å²) in [6.07, 6.45) is 3.64. The van der Waals surface area contributed by atoms with Gasteiger partial charge in [0, 0.05) is 0 Å². The van der Waals surface area contributed by atoms with Gasteiger partial charge in [0.2, 0.25) is 0 Å². The third-order valence-electron chi connectivity index (χ3n) is 3.91. The number of nitrogens with zero attached hydrogens (tertiary/aromatic N) is 2. The summed E-state index contributed by atoms with van der Waals surface area (Å²) in [7, 11) is 0. The molecule has 0 radical (unpaired) electrons. The highest BCUT2D eigenvalue weighted by Gasteiger charge is 2.34. The zero-order chi connectivity index (χ0) is 13.7. The maximum absolute atomic E-state index is 9.68. The summed E-state index contributed by atoms with van der Waals surface area (Å²) in [6, 6.07) is 10.5. The molecule has 3 nitrogen and oxygen atoms in total. The zero-order valence-electron chi connectivity index (χ0n) is 11.9. The van der Waals surface area contributed by atoms with Crippen LogP contribution in [0.2, 0.25) is 0 Å². The van der Waals surface area contributed by atoms with Crippen LogP contribution >= 0.6 is 0 Å². The molecule has 102 valence electrons. The quantitative estimate of drug-likeness (QED) is 0.831. The van der Waals surface area contributed by atoms with E-state index in [1.807, 2.05) is 38.1 Å². The maximum Gasteiger partial charge on any atom is 0.132 e. The number of hydrogen-bond donors (Lipinski definition) is 0. The van der Waals surface area contributed by atoms with E-state index in [1.54, 1.807) is 0 Å². The highest BCUT2D eigenvalue weighted by atomic mass is 16.5. The summed E-state index contributed by atoms with van der Waals surface area (Å²) < 4.78 is 5.55. The Morgan fingerprint density at radius 3 is 2.68 bits per heavy atom. The minimum atomic E-state index is -0.548. The van der Waals surface area contributed by atoms with Gasteiger partial charge in [0.15, 0.2) is 0 Å². The molecule has 1 saturated heterocycles. The second-order valence-corrected chi connectivity index (χ2v) is 5.19. The first kappa shape index (κ1) is 13.9. The van der Waals surface area contributed by atoms with Crippen molar-refractivity contribution in [3.63, 3.8) is 0 Å². The normalized spacial score (nSPS) is 19.4. The molecule has 0 bridgehead atoms. The SMILES string of the molecule is CCOc1cccc(C(C)(C#N)N2CCCCC2)c1. The van der Waals surface area contributed by atoms with Crippen LogP contribution in [-0.2, 0) is 5.54 Å². The fourth-order valence-corrected chi connectivity index (χ4v) is 2.71. The lowest BCUT2D eigenvalue weighted by Gasteiger charge is -2.39. The smallest absolute Gasteiger partial charge is 0.132 e. The third-order valence-corrected chi connectivity index (χ3v) is 3.91. The fourth-order valence-electron chi connectivity index (χ4n) is 2.71. The monoisotopic (exact) mass is 258 g/mol. The Balaban J connectivity index is 2.29. The van der Waals surface area contributed by atoms with E-state index in [4.69, 9.17) is 4.74 Å². The Hall–Kier alpha value is -1.53. The van der Waals surface area contributed by atoms with Gasteiger partial charge in [-0.15, -0.1) is 0 Å². The fraction of sp³-hybridized carbons (Fsp3) is 0.562. The zero-order valence-corrected chi connectivity index (χ0v) is 11.9. The van der Waals surface area contributed by atoms with Gasteiger partial charge in [0.1, 0.15) is 11.3 Å². The maximum atomic E-state index is 9.68. The topological polar surface area (TPSA) is 36.3 Å². The van der Waals surface area contributed by atoms with E-state index >= 15 is 0 Å². The van der Waals surface area contributed by atoms with E-state index in [0.29, 0.717) is 6.61 Å². The van der Waals surface area contributed by atoms with Crippen LogP contribution in [0.1, 0.15) is 38.7 Å². The van der Waals surface area contributed by atoms with Crippen molar-refractivity contribution in [2.24, 2.45) is 0 Å². The largest absolute Gasteiger partial charge is 0.494 e. The average molecular weight is 258 g/mol. The van der Waals surface area contributed by atoms with Crippen LogP contribution in [0.4, 0.5) is 0 Å². The molecule has 0 aromatic heterocycles. The predicted octanol–water partition coefficient (Wildman–Crippen LogP) is 3.31. The van der Waals surface area contributed by atoms with Crippen molar-refractivity contribution in [2.75, 3.05) is 19.7 Å². The molecule has 1 fully saturated rings. The molecule has 0 saturated carbocycles. The van der Waals surface area contributed by atoms with Crippen molar-refractivity contribution in [2.45, 2.75) is 38.6 Å². The number of nitriles is 1. The molecule has 0 N–H and O–H groups in total. The summed E-state index contributed by atoms with van der Waals surface area (Å²) in [5.41, 5.74) is 0.482. The minimum Gasteiger partial charge on any atom is -0.494 e. The van der Waals surface area contributed by atoms with Crippen LogP contribution in [0, 0.1) is 11.3 Å². The van der Waals surface area contributed by atoms with E-state index in [-0.39, 0.29) is 0 Å². The van der Waals surface area contributed by atoms with Gasteiger partial charge in [-0.05, 0) is 57.5 Å². The van der Waals surface area contributed by atoms with Crippen molar-refractivity contribution in [1.29, 1.82) is 5.26 Å². The number of hydrogen-bond acceptors (Lipinski definition) is 3. The molecule has 19 heavy (non-hydrogen) atoms. The second-order valence-electron chi connectivity index (χ2n) is 5.19. The molecule has 1 aromatic carbocycles. The summed E-state index contributed by atoms with van der Waals surface area (Å²) in [5, 5.41) is 9.68. The van der Waals surface area contributed by atoms with E-state index in [9.17, 15) is 5.26 Å². The molecule has 0 spiro atoms. The van der Waals surface area contributed by atoms with E-state index in [1.165, 1.54) is 19.3 Å². The summed E-state index contributed by atoms with van der Waals surface area (Å²) in [5.74, 6) is 0.846. The molecule has 1 aromatic rings. The van der Waals surface area contributed by atoms with Crippen molar-refractivity contribution >= 4 is 0 Å². The van der Waals surface area contributed by atoms with Crippen molar-refractivity contribution < 1.29 is 4.74 Å². The average Bonchev–Trinajstić information content (AvgIpc) is 2.48. The molecule has 1 unspecified atom stereocenters. The number of piperidine rings is 1. The molecule has 3 heteroatoms. The predicted molar refractivity (Wildman–Crippen MR) is 76.0 cm³/mol. The highest BCUT2D eigenvalue weighted by Crippen LogP contribution is 2.32. The summed E-state index contributed by atoms with van der Waals surface area (Å²) >= 11 is 0. The van der Waals surface area contributed by atoms with Crippen molar-refractivity contribution in [3.05, 3.63) is 29.8 Å². The second kappa shape index (κ2) is 6.08. The van der Waals surface area contributed by atoms with Crippen LogP contribution in [0.5, 0.6) is 5.75 Å². The molecule has 0 amide bonds. The van der Waals surface area contributed by atoms with Gasteiger partial charge < -0.3 is 4.74 Å². The molecule has 1 aliphatic heterocycles. The molecule has 0 aliphatic carbocycles. The Morgan fingerprint density at radius 2 is 2.05 bits per heavy atom. The van der Waals surface area contributed by atoms with Crippen LogP contribution in [0.25, 0.3) is 0 Å². The van der Waals surface area contributed by atoms with Crippen LogP contribution in [0.15, 0.2) is 24.3 Å². The highest BCUT2D eigenvalue weighted by molar-refractivity contribution is 5.37. The van der Waals surface area contributed by atoms with Crippen molar-refractivity contribution in [1.82, 2.24) is 4.90 Å². The minimum absolute atomic E-state index is 0.548. The van der Waals surface area contributed by atoms with Crippen LogP contribution in [0.3, 0.4) is 0 Å².